The van der Waals surface area contributed by atoms with Crippen molar-refractivity contribution in [2.75, 3.05) is 16.4 Å². The maximum absolute atomic E-state index is 12.6. The van der Waals surface area contributed by atoms with Crippen molar-refractivity contribution in [3.05, 3.63) is 83.4 Å². The van der Waals surface area contributed by atoms with Gasteiger partial charge >= 0.3 is 0 Å². The first-order valence-electron chi connectivity index (χ1n) is 10.7. The molecule has 0 radical (unpaired) electrons. The normalized spacial score (nSPS) is 11.0. The van der Waals surface area contributed by atoms with E-state index in [9.17, 15) is 9.59 Å². The molecule has 0 fully saturated rings. The smallest absolute Gasteiger partial charge is 0.255 e. The van der Waals surface area contributed by atoms with Crippen LogP contribution in [0.1, 0.15) is 41.3 Å². The van der Waals surface area contributed by atoms with Crippen LogP contribution in [0.4, 0.5) is 11.4 Å². The lowest BCUT2D eigenvalue weighted by Gasteiger charge is -2.08. The van der Waals surface area contributed by atoms with Gasteiger partial charge in [-0.05, 0) is 60.4 Å². The van der Waals surface area contributed by atoms with Gasteiger partial charge in [-0.1, -0.05) is 55.9 Å². The maximum atomic E-state index is 12.6. The molecule has 1 heterocycles. The Labute approximate surface area is 201 Å². The number of amides is 2. The number of carbonyl (C=O) groups excluding carboxylic acids is 2. The van der Waals surface area contributed by atoms with Crippen LogP contribution in [-0.4, -0.2) is 22.6 Å². The number of thiazole rings is 1. The Balaban J connectivity index is 1.36. The van der Waals surface area contributed by atoms with E-state index in [0.717, 1.165) is 31.5 Å². The molecule has 168 valence electrons. The lowest BCUT2D eigenvalue weighted by molar-refractivity contribution is -0.113. The molecule has 0 bridgehead atoms. The minimum Gasteiger partial charge on any atom is -0.325 e. The second kappa shape index (κ2) is 10.2. The lowest BCUT2D eigenvalue weighted by atomic mass is 10.0. The molecule has 2 N–H and O–H groups in total. The van der Waals surface area contributed by atoms with Crippen molar-refractivity contribution in [2.45, 2.75) is 31.0 Å². The Hall–Kier alpha value is -3.16. The van der Waals surface area contributed by atoms with Crippen molar-refractivity contribution in [1.29, 1.82) is 0 Å². The number of nitrogens with one attached hydrogen (secondary N) is 2. The van der Waals surface area contributed by atoms with E-state index in [4.69, 9.17) is 0 Å². The van der Waals surface area contributed by atoms with E-state index < -0.39 is 0 Å². The van der Waals surface area contributed by atoms with Gasteiger partial charge in [0.25, 0.3) is 5.91 Å². The Morgan fingerprint density at radius 2 is 1.70 bits per heavy atom. The van der Waals surface area contributed by atoms with Crippen LogP contribution in [0.15, 0.2) is 71.1 Å². The van der Waals surface area contributed by atoms with Crippen molar-refractivity contribution < 1.29 is 9.59 Å². The summed E-state index contributed by atoms with van der Waals surface area (Å²) in [5.74, 6) is 0.538. The van der Waals surface area contributed by atoms with Gasteiger partial charge in [0.15, 0.2) is 4.34 Å². The molecule has 7 heteroatoms. The molecule has 4 rings (SSSR count). The standard InChI is InChI=1S/C26H25N3O2S2/c1-16(2)18-8-10-19(11-9-18)27-24(30)15-32-26-29-22-13-12-20(14-23(22)33-26)28-25(31)21-7-5-4-6-17(21)3/h4-14,16H,15H2,1-3H3,(H,27,30)(H,28,31). The molecule has 0 unspecified atom stereocenters. The molecule has 33 heavy (non-hydrogen) atoms. The number of thioether (sulfide) groups is 1. The number of hydrogen-bond acceptors (Lipinski definition) is 5. The van der Waals surface area contributed by atoms with E-state index in [1.54, 1.807) is 0 Å². The molecule has 0 aliphatic heterocycles. The summed E-state index contributed by atoms with van der Waals surface area (Å²) in [5.41, 5.74) is 5.19. The van der Waals surface area contributed by atoms with Gasteiger partial charge in [0.2, 0.25) is 5.91 Å². The van der Waals surface area contributed by atoms with E-state index in [0.29, 0.717) is 11.5 Å². The number of aromatic nitrogens is 1. The number of rotatable bonds is 7. The van der Waals surface area contributed by atoms with Gasteiger partial charge in [-0.2, -0.15) is 0 Å². The van der Waals surface area contributed by atoms with Gasteiger partial charge < -0.3 is 10.6 Å². The summed E-state index contributed by atoms with van der Waals surface area (Å²) < 4.78 is 1.78. The summed E-state index contributed by atoms with van der Waals surface area (Å²) >= 11 is 2.92. The lowest BCUT2D eigenvalue weighted by Crippen LogP contribution is -2.13. The number of carbonyl (C=O) groups is 2. The number of anilines is 2. The second-order valence-corrected chi connectivity index (χ2v) is 10.3. The average Bonchev–Trinajstić information content (AvgIpc) is 3.20. The third kappa shape index (κ3) is 5.80. The van der Waals surface area contributed by atoms with E-state index in [-0.39, 0.29) is 17.6 Å². The fourth-order valence-electron chi connectivity index (χ4n) is 3.34. The Morgan fingerprint density at radius 3 is 2.42 bits per heavy atom. The highest BCUT2D eigenvalue weighted by Crippen LogP contribution is 2.31. The summed E-state index contributed by atoms with van der Waals surface area (Å²) in [6, 6.07) is 21.1. The van der Waals surface area contributed by atoms with Crippen molar-refractivity contribution >= 4 is 56.5 Å². The van der Waals surface area contributed by atoms with Crippen LogP contribution in [0.25, 0.3) is 10.2 Å². The second-order valence-electron chi connectivity index (χ2n) is 8.04. The number of fused-ring (bicyclic) bond motifs is 1. The molecule has 5 nitrogen and oxygen atoms in total. The number of hydrogen-bond donors (Lipinski definition) is 2. The van der Waals surface area contributed by atoms with Crippen molar-refractivity contribution in [3.8, 4) is 0 Å². The van der Waals surface area contributed by atoms with Crippen LogP contribution in [0, 0.1) is 6.92 Å². The van der Waals surface area contributed by atoms with Gasteiger partial charge in [-0.25, -0.2) is 4.98 Å². The van der Waals surface area contributed by atoms with E-state index in [1.807, 2.05) is 73.7 Å². The monoisotopic (exact) mass is 475 g/mol. The highest BCUT2D eigenvalue weighted by atomic mass is 32.2. The van der Waals surface area contributed by atoms with Gasteiger partial charge in [0.05, 0.1) is 16.0 Å². The summed E-state index contributed by atoms with van der Waals surface area (Å²) in [5, 5.41) is 5.89. The van der Waals surface area contributed by atoms with Gasteiger partial charge in [0, 0.05) is 16.9 Å². The fourth-order valence-corrected chi connectivity index (χ4v) is 5.25. The highest BCUT2D eigenvalue weighted by Gasteiger charge is 2.12. The summed E-state index contributed by atoms with van der Waals surface area (Å²) in [6.07, 6.45) is 0. The zero-order valence-electron chi connectivity index (χ0n) is 18.7. The quantitative estimate of drug-likeness (QED) is 0.291. The molecule has 0 atom stereocenters. The predicted molar refractivity (Wildman–Crippen MR) is 139 cm³/mol. The molecular weight excluding hydrogens is 450 g/mol. The number of benzene rings is 3. The van der Waals surface area contributed by atoms with E-state index in [1.165, 1.54) is 28.7 Å². The molecule has 1 aromatic heterocycles. The van der Waals surface area contributed by atoms with Crippen molar-refractivity contribution in [1.82, 2.24) is 4.98 Å². The maximum Gasteiger partial charge on any atom is 0.255 e. The van der Waals surface area contributed by atoms with Gasteiger partial charge in [0.1, 0.15) is 0 Å². The zero-order valence-corrected chi connectivity index (χ0v) is 20.3. The Kier molecular flexibility index (Phi) is 7.11. The largest absolute Gasteiger partial charge is 0.325 e. The molecule has 0 aliphatic carbocycles. The molecule has 3 aromatic carbocycles. The van der Waals surface area contributed by atoms with Crippen LogP contribution in [-0.2, 0) is 4.79 Å². The van der Waals surface area contributed by atoms with Crippen LogP contribution in [0.3, 0.4) is 0 Å². The van der Waals surface area contributed by atoms with Gasteiger partial charge in [-0.15, -0.1) is 11.3 Å². The minimum absolute atomic E-state index is 0.0669. The first-order valence-corrected chi connectivity index (χ1v) is 12.5. The fraction of sp³-hybridized carbons (Fsp3) is 0.192. The molecule has 2 amide bonds. The van der Waals surface area contributed by atoms with Gasteiger partial charge in [-0.3, -0.25) is 9.59 Å². The summed E-state index contributed by atoms with van der Waals surface area (Å²) in [6.45, 7) is 6.20. The van der Waals surface area contributed by atoms with Crippen LogP contribution in [0.5, 0.6) is 0 Å². The zero-order chi connectivity index (χ0) is 23.4. The predicted octanol–water partition coefficient (Wildman–Crippen LogP) is 6.71. The van der Waals surface area contributed by atoms with Crippen molar-refractivity contribution in [2.24, 2.45) is 0 Å². The molecule has 0 saturated heterocycles. The highest BCUT2D eigenvalue weighted by molar-refractivity contribution is 8.01. The minimum atomic E-state index is -0.135. The third-order valence-electron chi connectivity index (χ3n) is 5.20. The first kappa shape index (κ1) is 23.0. The molecule has 4 aromatic rings. The Bertz CT molecular complexity index is 1300. The topological polar surface area (TPSA) is 71.1 Å². The Morgan fingerprint density at radius 1 is 0.970 bits per heavy atom. The summed E-state index contributed by atoms with van der Waals surface area (Å²) in [7, 11) is 0. The number of aryl methyl sites for hydroxylation is 1. The van der Waals surface area contributed by atoms with Crippen molar-refractivity contribution in [3.63, 3.8) is 0 Å². The molecular formula is C26H25N3O2S2. The van der Waals surface area contributed by atoms with E-state index >= 15 is 0 Å². The van der Waals surface area contributed by atoms with Crippen LogP contribution < -0.4 is 10.6 Å². The van der Waals surface area contributed by atoms with Crippen LogP contribution >= 0.6 is 23.1 Å². The third-order valence-corrected chi connectivity index (χ3v) is 7.37. The SMILES string of the molecule is Cc1ccccc1C(=O)Nc1ccc2nc(SCC(=O)Nc3ccc(C(C)C)cc3)sc2c1. The molecule has 0 aliphatic rings. The van der Waals surface area contributed by atoms with Crippen LogP contribution in [0.2, 0.25) is 0 Å². The molecule has 0 saturated carbocycles. The number of nitrogens with zero attached hydrogens (tertiary/aromatic N) is 1. The first-order chi connectivity index (χ1) is 15.9. The molecule has 0 spiro atoms. The average molecular weight is 476 g/mol. The summed E-state index contributed by atoms with van der Waals surface area (Å²) in [4.78, 5) is 29.5. The van der Waals surface area contributed by atoms with E-state index in [2.05, 4.69) is 29.5 Å².